The van der Waals surface area contributed by atoms with E-state index in [1.165, 1.54) is 33.6 Å². The summed E-state index contributed by atoms with van der Waals surface area (Å²) < 4.78 is 2.99. The van der Waals surface area contributed by atoms with Gasteiger partial charge in [-0.15, -0.1) is 0 Å². The molecule has 0 fully saturated rings. The average molecular weight is 973 g/mol. The summed E-state index contributed by atoms with van der Waals surface area (Å²) in [5.41, 5.74) is 5.72. The van der Waals surface area contributed by atoms with Crippen molar-refractivity contribution in [3.05, 3.63) is 223 Å². The number of halogens is 2. The Hall–Kier alpha value is -6.70. The maximum Gasteiger partial charge on any atom is 2.00 e. The average Bonchev–Trinajstić information content (AvgIpc) is 3.32. The van der Waals surface area contributed by atoms with Crippen molar-refractivity contribution in [1.82, 2.24) is 19.3 Å². The van der Waals surface area contributed by atoms with E-state index in [1.54, 1.807) is 86.9 Å². The SMILES string of the molecule is C/C(=N\n1cc(C(=O)c2ccccc2)c(-c2ccccc2)nc1=S)c1cc(Cl)ccc1[O-].C/C(=N\n1cc(C(=O)c2ccccc2)c(-c2ccccc2)nc1=S)c1cc(Cl)ccc1[O-].[Mn+2]. The van der Waals surface area contributed by atoms with Crippen molar-refractivity contribution < 1.29 is 36.9 Å². The molecule has 0 saturated heterocycles. The van der Waals surface area contributed by atoms with Crippen molar-refractivity contribution in [2.75, 3.05) is 0 Å². The molecule has 1 radical (unpaired) electrons. The maximum absolute atomic E-state index is 13.4. The number of ketones is 2. The third-order valence-corrected chi connectivity index (χ3v) is 10.7. The second-order valence-corrected chi connectivity index (χ2v) is 15.6. The van der Waals surface area contributed by atoms with E-state index in [1.807, 2.05) is 72.8 Å². The Labute approximate surface area is 405 Å². The van der Waals surface area contributed by atoms with Gasteiger partial charge < -0.3 is 10.2 Å². The van der Waals surface area contributed by atoms with Crippen molar-refractivity contribution in [1.29, 1.82) is 0 Å². The molecule has 2 heterocycles. The van der Waals surface area contributed by atoms with Crippen molar-refractivity contribution >= 4 is 70.6 Å². The second kappa shape index (κ2) is 21.8. The first-order valence-electron chi connectivity index (χ1n) is 19.5. The molecule has 6 aromatic carbocycles. The van der Waals surface area contributed by atoms with Gasteiger partial charge in [-0.1, -0.05) is 168 Å². The zero-order valence-electron chi connectivity index (χ0n) is 34.4. The molecular formula is C50H34Cl2MnN6O4S2. The van der Waals surface area contributed by atoms with Gasteiger partial charge in [0, 0.05) is 44.7 Å². The zero-order chi connectivity index (χ0) is 45.3. The van der Waals surface area contributed by atoms with E-state index in [0.29, 0.717) is 66.2 Å². The van der Waals surface area contributed by atoms with E-state index in [4.69, 9.17) is 47.6 Å². The van der Waals surface area contributed by atoms with Crippen LogP contribution in [0.1, 0.15) is 56.8 Å². The molecule has 8 rings (SSSR count). The van der Waals surface area contributed by atoms with Gasteiger partial charge >= 0.3 is 17.1 Å². The Kier molecular flexibility index (Phi) is 16.0. The molecule has 8 aromatic rings. The van der Waals surface area contributed by atoms with Crippen LogP contribution in [0, 0.1) is 9.54 Å². The number of nitrogens with zero attached hydrogens (tertiary/aromatic N) is 6. The van der Waals surface area contributed by atoms with Gasteiger partial charge in [-0.3, -0.25) is 9.59 Å². The number of hydrogen-bond donors (Lipinski definition) is 0. The van der Waals surface area contributed by atoms with E-state index in [2.05, 4.69) is 20.2 Å². The largest absolute Gasteiger partial charge is 2.00 e. The van der Waals surface area contributed by atoms with Crippen molar-refractivity contribution in [2.45, 2.75) is 13.8 Å². The summed E-state index contributed by atoms with van der Waals surface area (Å²) in [6.07, 6.45) is 3.12. The maximum atomic E-state index is 13.4. The summed E-state index contributed by atoms with van der Waals surface area (Å²) in [5, 5.41) is 34.3. The molecule has 10 nitrogen and oxygen atoms in total. The molecule has 0 bridgehead atoms. The predicted molar refractivity (Wildman–Crippen MR) is 254 cm³/mol. The number of carbonyl (C=O) groups is 2. The minimum absolute atomic E-state index is 0. The Morgan fingerprint density at radius 3 is 1.17 bits per heavy atom. The van der Waals surface area contributed by atoms with Gasteiger partial charge in [-0.05, 0) is 73.7 Å². The molecule has 15 heteroatoms. The Morgan fingerprint density at radius 2 is 0.831 bits per heavy atom. The fourth-order valence-electron chi connectivity index (χ4n) is 6.49. The molecule has 0 N–H and O–H groups in total. The van der Waals surface area contributed by atoms with E-state index in [-0.39, 0.29) is 49.7 Å². The van der Waals surface area contributed by atoms with E-state index >= 15 is 0 Å². The fourth-order valence-corrected chi connectivity index (χ4v) is 7.20. The first kappa shape index (κ1) is 47.8. The number of rotatable bonds is 10. The first-order chi connectivity index (χ1) is 30.9. The minimum atomic E-state index is -0.211. The van der Waals surface area contributed by atoms with Crippen LogP contribution in [0.4, 0.5) is 0 Å². The Balaban J connectivity index is 0.000000212. The summed E-state index contributed by atoms with van der Waals surface area (Å²) in [5.74, 6) is -0.838. The summed E-state index contributed by atoms with van der Waals surface area (Å²) in [7, 11) is 0. The van der Waals surface area contributed by atoms with Gasteiger partial charge in [0.25, 0.3) is 0 Å². The molecule has 0 unspecified atom stereocenters. The molecule has 65 heavy (non-hydrogen) atoms. The van der Waals surface area contributed by atoms with Crippen molar-refractivity contribution in [2.24, 2.45) is 10.2 Å². The zero-order valence-corrected chi connectivity index (χ0v) is 38.8. The quantitative estimate of drug-likeness (QED) is 0.0571. The molecule has 0 spiro atoms. The summed E-state index contributed by atoms with van der Waals surface area (Å²) >= 11 is 23.0. The smallest absolute Gasteiger partial charge is 0.872 e. The molecule has 321 valence electrons. The van der Waals surface area contributed by atoms with Gasteiger partial charge in [0.05, 0.1) is 33.9 Å². The number of aromatic nitrogens is 4. The molecular weight excluding hydrogens is 939 g/mol. The van der Waals surface area contributed by atoms with E-state index in [0.717, 1.165) is 11.1 Å². The standard InChI is InChI=1S/2C25H18ClN3O2S.Mn/c2*1-16(20-14-19(26)12-13-22(20)30)28-29-15-21(24(31)18-10-6-3-7-11-18)23(27-25(29)32)17-8-4-2-5-9-17;/h2*2-15,30H,1H3;/q;;+2/p-2/b2*28-16+;. The molecule has 0 amide bonds. The van der Waals surface area contributed by atoms with Crippen LogP contribution in [-0.4, -0.2) is 42.3 Å². The van der Waals surface area contributed by atoms with Gasteiger partial charge in [-0.25, -0.2) is 19.3 Å². The van der Waals surface area contributed by atoms with Gasteiger partial charge in [0.15, 0.2) is 11.6 Å². The third kappa shape index (κ3) is 11.5. The van der Waals surface area contributed by atoms with Crippen LogP contribution in [0.15, 0.2) is 180 Å². The summed E-state index contributed by atoms with van der Waals surface area (Å²) in [6, 6.07) is 45.5. The second-order valence-electron chi connectivity index (χ2n) is 14.0. The molecule has 0 aliphatic rings. The molecule has 2 aromatic heterocycles. The van der Waals surface area contributed by atoms with Crippen LogP contribution in [0.25, 0.3) is 22.5 Å². The number of benzene rings is 6. The Bertz CT molecular complexity index is 2990. The summed E-state index contributed by atoms with van der Waals surface area (Å²) in [6.45, 7) is 3.36. The van der Waals surface area contributed by atoms with E-state index in [9.17, 15) is 19.8 Å². The van der Waals surface area contributed by atoms with Crippen molar-refractivity contribution in [3.63, 3.8) is 0 Å². The number of carbonyl (C=O) groups excluding carboxylic acids is 2. The van der Waals surface area contributed by atoms with Crippen molar-refractivity contribution in [3.8, 4) is 34.0 Å². The number of hydrogen-bond acceptors (Lipinski definition) is 10. The van der Waals surface area contributed by atoms with Crippen LogP contribution in [0.5, 0.6) is 11.5 Å². The van der Waals surface area contributed by atoms with Crippen LogP contribution < -0.4 is 10.2 Å². The predicted octanol–water partition coefficient (Wildman–Crippen LogP) is 11.0. The van der Waals surface area contributed by atoms with E-state index < -0.39 is 0 Å². The fraction of sp³-hybridized carbons (Fsp3) is 0.0400. The normalized spacial score (nSPS) is 11.2. The van der Waals surface area contributed by atoms with Crippen LogP contribution in [0.3, 0.4) is 0 Å². The van der Waals surface area contributed by atoms with Crippen LogP contribution >= 0.6 is 47.6 Å². The van der Waals surface area contributed by atoms with Gasteiger partial charge in [0.1, 0.15) is 0 Å². The minimum Gasteiger partial charge on any atom is -0.872 e. The third-order valence-electron chi connectivity index (χ3n) is 9.65. The molecule has 0 saturated carbocycles. The van der Waals surface area contributed by atoms with Crippen LogP contribution in [0.2, 0.25) is 10.0 Å². The molecule has 0 aliphatic heterocycles. The van der Waals surface area contributed by atoms with Gasteiger partial charge in [0.2, 0.25) is 9.54 Å². The first-order valence-corrected chi connectivity index (χ1v) is 21.1. The van der Waals surface area contributed by atoms with Gasteiger partial charge in [-0.2, -0.15) is 10.2 Å². The molecule has 0 atom stereocenters. The monoisotopic (exact) mass is 971 g/mol. The molecule has 0 aliphatic carbocycles. The topological polar surface area (TPSA) is 141 Å². The Morgan fingerprint density at radius 1 is 0.508 bits per heavy atom. The summed E-state index contributed by atoms with van der Waals surface area (Å²) in [4.78, 5) is 35.8. The van der Waals surface area contributed by atoms with Crippen LogP contribution in [-0.2, 0) is 17.1 Å².